The molecular weight excluding hydrogens is 362 g/mol. The van der Waals surface area contributed by atoms with Crippen molar-refractivity contribution >= 4 is 60.7 Å². The molecule has 0 saturated carbocycles. The van der Waals surface area contributed by atoms with Crippen LogP contribution < -0.4 is 5.32 Å². The standard InChI is InChI=1S/C16H21N3O2.C2H4O2.Ca.2H/c1-19(2)6-5-12-9-17-15-4-3-11(8-14(12)15)7-13-10-21-16(20)18-13;1-2(3)4;;;/h3-4,8-9,13,17H,5-7,10H2,1-2H3,(H,18,20);1H3,(H,3,4);;;/q;;+2;2*-1/t13-;;;;/m0..../s1. The average molecular weight is 390 g/mol. The largest absolute Gasteiger partial charge is 2.00 e. The summed E-state index contributed by atoms with van der Waals surface area (Å²) < 4.78 is 4.94. The zero-order valence-corrected chi connectivity index (χ0v) is 17.7. The van der Waals surface area contributed by atoms with Crippen LogP contribution in [0.3, 0.4) is 0 Å². The molecule has 1 fully saturated rings. The Labute approximate surface area is 186 Å². The van der Waals surface area contributed by atoms with Crippen molar-refractivity contribution in [1.29, 1.82) is 0 Å². The number of rotatable bonds is 5. The maximum absolute atomic E-state index is 11.1. The van der Waals surface area contributed by atoms with Crippen LogP contribution in [0, 0.1) is 0 Å². The number of cyclic esters (lactones) is 1. The Balaban J connectivity index is 0. The van der Waals surface area contributed by atoms with Gasteiger partial charge < -0.3 is 27.9 Å². The number of aliphatic carboxylic acids is 1. The molecule has 140 valence electrons. The minimum absolute atomic E-state index is 0. The fourth-order valence-corrected chi connectivity index (χ4v) is 2.72. The number of H-pyrrole nitrogens is 1. The predicted molar refractivity (Wildman–Crippen MR) is 104 cm³/mol. The van der Waals surface area contributed by atoms with E-state index in [0.29, 0.717) is 6.61 Å². The summed E-state index contributed by atoms with van der Waals surface area (Å²) in [7, 11) is 4.17. The van der Waals surface area contributed by atoms with Gasteiger partial charge in [-0.05, 0) is 50.2 Å². The minimum Gasteiger partial charge on any atom is -1.00 e. The summed E-state index contributed by atoms with van der Waals surface area (Å²) in [5.41, 5.74) is 3.73. The molecule has 1 aromatic heterocycles. The number of fused-ring (bicyclic) bond motifs is 1. The number of nitrogens with one attached hydrogen (secondary N) is 2. The van der Waals surface area contributed by atoms with E-state index in [1.54, 1.807) is 0 Å². The van der Waals surface area contributed by atoms with Gasteiger partial charge in [0, 0.05) is 30.6 Å². The fraction of sp³-hybridized carbons (Fsp3) is 0.444. The SMILES string of the molecule is CC(=O)O.CN(C)CCc1c[nH]c2ccc(C[C@H]3COC(=O)N3)cc12.[Ca+2].[H-].[H-]. The predicted octanol–water partition coefficient (Wildman–Crippen LogP) is 1.86. The second-order valence-corrected chi connectivity index (χ2v) is 6.41. The van der Waals surface area contributed by atoms with E-state index >= 15 is 0 Å². The van der Waals surface area contributed by atoms with E-state index in [9.17, 15) is 4.79 Å². The Morgan fingerprint density at radius 1 is 1.42 bits per heavy atom. The van der Waals surface area contributed by atoms with Crippen molar-refractivity contribution in [3.63, 3.8) is 0 Å². The van der Waals surface area contributed by atoms with Crippen LogP contribution in [0.2, 0.25) is 0 Å². The molecule has 1 aliphatic rings. The number of benzene rings is 1. The van der Waals surface area contributed by atoms with Crippen molar-refractivity contribution in [3.8, 4) is 0 Å². The summed E-state index contributed by atoms with van der Waals surface area (Å²) in [5, 5.41) is 11.5. The Bertz CT molecular complexity index is 752. The molecule has 1 amide bonds. The topological polar surface area (TPSA) is 94.7 Å². The number of carbonyl (C=O) groups excluding carboxylic acids is 1. The van der Waals surface area contributed by atoms with Gasteiger partial charge in [-0.15, -0.1) is 0 Å². The Kier molecular flexibility index (Phi) is 9.43. The first-order valence-corrected chi connectivity index (χ1v) is 8.21. The molecule has 1 aromatic carbocycles. The normalized spacial score (nSPS) is 15.7. The van der Waals surface area contributed by atoms with Crippen LogP contribution in [0.4, 0.5) is 4.79 Å². The molecule has 2 heterocycles. The molecule has 7 nitrogen and oxygen atoms in total. The van der Waals surface area contributed by atoms with Gasteiger partial charge in [0.25, 0.3) is 5.97 Å². The third kappa shape index (κ3) is 7.15. The van der Waals surface area contributed by atoms with Gasteiger partial charge in [0.2, 0.25) is 0 Å². The van der Waals surface area contributed by atoms with Crippen LogP contribution in [0.1, 0.15) is 20.9 Å². The molecule has 1 saturated heterocycles. The van der Waals surface area contributed by atoms with Crippen molar-refractivity contribution in [2.24, 2.45) is 0 Å². The van der Waals surface area contributed by atoms with Crippen molar-refractivity contribution in [2.45, 2.75) is 25.8 Å². The van der Waals surface area contributed by atoms with Crippen LogP contribution in [0.15, 0.2) is 24.4 Å². The number of aromatic nitrogens is 1. The van der Waals surface area contributed by atoms with Crippen molar-refractivity contribution < 1.29 is 22.3 Å². The maximum Gasteiger partial charge on any atom is 2.00 e. The van der Waals surface area contributed by atoms with E-state index in [4.69, 9.17) is 14.6 Å². The monoisotopic (exact) mass is 389 g/mol. The first-order chi connectivity index (χ1) is 11.8. The molecule has 2 aromatic rings. The molecule has 0 spiro atoms. The molecule has 0 radical (unpaired) electrons. The Morgan fingerprint density at radius 2 is 2.12 bits per heavy atom. The number of carboxylic acid groups (broad SMARTS) is 1. The molecule has 1 aliphatic heterocycles. The summed E-state index contributed by atoms with van der Waals surface area (Å²) in [6.07, 6.45) is 3.62. The van der Waals surface area contributed by atoms with E-state index in [2.05, 4.69) is 53.7 Å². The number of carboxylic acids is 1. The van der Waals surface area contributed by atoms with Crippen molar-refractivity contribution in [1.82, 2.24) is 15.2 Å². The van der Waals surface area contributed by atoms with Crippen LogP contribution in [0.25, 0.3) is 10.9 Å². The number of hydrogen-bond donors (Lipinski definition) is 3. The molecule has 8 heteroatoms. The molecule has 0 bridgehead atoms. The number of hydrogen-bond acceptors (Lipinski definition) is 4. The smallest absolute Gasteiger partial charge is 1.00 e. The summed E-state index contributed by atoms with van der Waals surface area (Å²) >= 11 is 0. The van der Waals surface area contributed by atoms with E-state index in [1.165, 1.54) is 22.0 Å². The average Bonchev–Trinajstić information content (AvgIpc) is 3.10. The van der Waals surface area contributed by atoms with Gasteiger partial charge in [-0.25, -0.2) is 4.79 Å². The van der Waals surface area contributed by atoms with Crippen LogP contribution in [-0.2, 0) is 22.4 Å². The van der Waals surface area contributed by atoms with E-state index in [0.717, 1.165) is 26.3 Å². The first kappa shape index (κ1) is 22.8. The molecule has 1 atom stereocenters. The molecule has 3 N–H and O–H groups in total. The van der Waals surface area contributed by atoms with Gasteiger partial charge in [-0.3, -0.25) is 4.79 Å². The van der Waals surface area contributed by atoms with Gasteiger partial charge in [-0.1, -0.05) is 6.07 Å². The number of likely N-dealkylation sites (N-methyl/N-ethyl adjacent to an activating group) is 1. The molecular formula is C18H27CaN3O4. The van der Waals surface area contributed by atoms with Crippen molar-refractivity contribution in [2.75, 3.05) is 27.2 Å². The fourth-order valence-electron chi connectivity index (χ4n) is 2.72. The zero-order valence-electron chi connectivity index (χ0n) is 17.5. The molecule has 0 aliphatic carbocycles. The summed E-state index contributed by atoms with van der Waals surface area (Å²) in [4.78, 5) is 25.6. The van der Waals surface area contributed by atoms with E-state index in [-0.39, 0.29) is 52.7 Å². The number of carbonyl (C=O) groups is 2. The number of nitrogens with zero attached hydrogens (tertiary/aromatic N) is 1. The van der Waals surface area contributed by atoms with Gasteiger partial charge in [0.15, 0.2) is 0 Å². The quantitative estimate of drug-likeness (QED) is 0.679. The second kappa shape index (κ2) is 10.8. The van der Waals surface area contributed by atoms with Gasteiger partial charge in [0.1, 0.15) is 6.61 Å². The second-order valence-electron chi connectivity index (χ2n) is 6.41. The van der Waals surface area contributed by atoms with Gasteiger partial charge >= 0.3 is 43.8 Å². The summed E-state index contributed by atoms with van der Waals surface area (Å²) in [5.74, 6) is -0.833. The number of ether oxygens (including phenoxy) is 1. The number of alkyl carbamates (subject to hydrolysis) is 1. The number of amides is 1. The molecule has 26 heavy (non-hydrogen) atoms. The maximum atomic E-state index is 11.1. The summed E-state index contributed by atoms with van der Waals surface area (Å²) in [6.45, 7) is 2.57. The first-order valence-electron chi connectivity index (χ1n) is 8.21. The van der Waals surface area contributed by atoms with E-state index < -0.39 is 5.97 Å². The van der Waals surface area contributed by atoms with Crippen LogP contribution in [-0.4, -0.2) is 98.1 Å². The van der Waals surface area contributed by atoms with Gasteiger partial charge in [0.05, 0.1) is 6.04 Å². The Hall–Kier alpha value is -1.28. The third-order valence-electron chi connectivity index (χ3n) is 3.88. The van der Waals surface area contributed by atoms with Crippen molar-refractivity contribution in [3.05, 3.63) is 35.5 Å². The van der Waals surface area contributed by atoms with Crippen LogP contribution in [0.5, 0.6) is 0 Å². The minimum atomic E-state index is -0.833. The third-order valence-corrected chi connectivity index (χ3v) is 3.88. The number of aromatic amines is 1. The van der Waals surface area contributed by atoms with E-state index in [1.807, 2.05) is 0 Å². The molecule has 3 rings (SSSR count). The zero-order chi connectivity index (χ0) is 18.4. The Morgan fingerprint density at radius 3 is 2.69 bits per heavy atom. The molecule has 0 unspecified atom stereocenters. The summed E-state index contributed by atoms with van der Waals surface area (Å²) in [6, 6.07) is 6.53. The van der Waals surface area contributed by atoms with Gasteiger partial charge in [-0.2, -0.15) is 0 Å². The van der Waals surface area contributed by atoms with Crippen LogP contribution >= 0.6 is 0 Å².